The molecular formula is C16H12BrN3. The van der Waals surface area contributed by atoms with Crippen molar-refractivity contribution in [2.24, 2.45) is 4.99 Å². The summed E-state index contributed by atoms with van der Waals surface area (Å²) < 4.78 is 3.14. The summed E-state index contributed by atoms with van der Waals surface area (Å²) in [5.41, 5.74) is 2.96. The number of aromatic nitrogens is 2. The Kier molecular flexibility index (Phi) is 3.74. The molecule has 0 atom stereocenters. The molecule has 20 heavy (non-hydrogen) atoms. The Bertz CT molecular complexity index is 732. The zero-order valence-corrected chi connectivity index (χ0v) is 12.2. The smallest absolute Gasteiger partial charge is 0.0813 e. The fourth-order valence-corrected chi connectivity index (χ4v) is 2.32. The van der Waals surface area contributed by atoms with Crippen LogP contribution in [0.4, 0.5) is 5.69 Å². The molecule has 1 aromatic carbocycles. The van der Waals surface area contributed by atoms with Crippen molar-refractivity contribution >= 4 is 27.8 Å². The Hall–Kier alpha value is -2.20. The van der Waals surface area contributed by atoms with E-state index in [0.29, 0.717) is 0 Å². The number of rotatable bonds is 3. The molecule has 0 saturated carbocycles. The summed E-state index contributed by atoms with van der Waals surface area (Å²) in [5, 5.41) is 0. The lowest BCUT2D eigenvalue weighted by atomic mass is 10.3. The van der Waals surface area contributed by atoms with Gasteiger partial charge in [-0.05, 0) is 42.5 Å². The van der Waals surface area contributed by atoms with Gasteiger partial charge in [0, 0.05) is 22.6 Å². The molecule has 0 aliphatic rings. The van der Waals surface area contributed by atoms with E-state index in [-0.39, 0.29) is 0 Å². The quantitative estimate of drug-likeness (QED) is 0.657. The van der Waals surface area contributed by atoms with E-state index < -0.39 is 0 Å². The fourth-order valence-electron chi connectivity index (χ4n) is 1.93. The molecule has 2 aromatic heterocycles. The van der Waals surface area contributed by atoms with Crippen LogP contribution in [0.2, 0.25) is 0 Å². The second kappa shape index (κ2) is 5.84. The van der Waals surface area contributed by atoms with Crippen LogP contribution in [0.5, 0.6) is 0 Å². The highest BCUT2D eigenvalue weighted by molar-refractivity contribution is 9.10. The Morgan fingerprint density at radius 2 is 2.05 bits per heavy atom. The number of hydrogen-bond donors (Lipinski definition) is 0. The van der Waals surface area contributed by atoms with Gasteiger partial charge in [0.25, 0.3) is 0 Å². The van der Waals surface area contributed by atoms with Gasteiger partial charge in [0.2, 0.25) is 0 Å². The van der Waals surface area contributed by atoms with Gasteiger partial charge in [-0.15, -0.1) is 0 Å². The van der Waals surface area contributed by atoms with E-state index >= 15 is 0 Å². The summed E-state index contributed by atoms with van der Waals surface area (Å²) in [4.78, 5) is 8.49. The minimum absolute atomic E-state index is 0.842. The summed E-state index contributed by atoms with van der Waals surface area (Å²) in [7, 11) is 0. The van der Waals surface area contributed by atoms with Crippen LogP contribution in [0.15, 0.2) is 76.6 Å². The van der Waals surface area contributed by atoms with Crippen LogP contribution in [0.25, 0.3) is 5.69 Å². The summed E-state index contributed by atoms with van der Waals surface area (Å²) in [5.74, 6) is 0. The van der Waals surface area contributed by atoms with Crippen molar-refractivity contribution in [1.29, 1.82) is 0 Å². The summed E-state index contributed by atoms with van der Waals surface area (Å²) in [6.45, 7) is 0. The van der Waals surface area contributed by atoms with Crippen LogP contribution in [-0.4, -0.2) is 15.8 Å². The zero-order valence-electron chi connectivity index (χ0n) is 10.6. The molecule has 0 radical (unpaired) electrons. The lowest BCUT2D eigenvalue weighted by Crippen LogP contribution is -1.97. The van der Waals surface area contributed by atoms with Crippen LogP contribution >= 0.6 is 15.9 Å². The summed E-state index contributed by atoms with van der Waals surface area (Å²) in [6, 6.07) is 16.0. The van der Waals surface area contributed by atoms with Gasteiger partial charge in [0.15, 0.2) is 0 Å². The van der Waals surface area contributed by atoms with Gasteiger partial charge in [-0.2, -0.15) is 0 Å². The molecule has 0 saturated heterocycles. The van der Waals surface area contributed by atoms with Crippen molar-refractivity contribution in [3.05, 3.63) is 77.3 Å². The highest BCUT2D eigenvalue weighted by Gasteiger charge is 2.01. The van der Waals surface area contributed by atoms with E-state index in [9.17, 15) is 0 Å². The third kappa shape index (κ3) is 2.86. The average molecular weight is 326 g/mol. The van der Waals surface area contributed by atoms with Gasteiger partial charge in [0.05, 0.1) is 23.8 Å². The van der Waals surface area contributed by atoms with E-state index in [0.717, 1.165) is 21.5 Å². The summed E-state index contributed by atoms with van der Waals surface area (Å²) in [6.07, 6.45) is 7.34. The summed E-state index contributed by atoms with van der Waals surface area (Å²) >= 11 is 3.49. The SMILES string of the molecule is Brc1cccc(-n2cccc2C=Nc2cccnc2)c1. The predicted molar refractivity (Wildman–Crippen MR) is 85.0 cm³/mol. The first kappa shape index (κ1) is 12.8. The third-order valence-electron chi connectivity index (χ3n) is 2.86. The first-order valence-electron chi connectivity index (χ1n) is 6.20. The molecule has 0 spiro atoms. The number of halogens is 1. The number of nitrogens with zero attached hydrogens (tertiary/aromatic N) is 3. The maximum Gasteiger partial charge on any atom is 0.0813 e. The van der Waals surface area contributed by atoms with Crippen molar-refractivity contribution in [3.8, 4) is 5.69 Å². The van der Waals surface area contributed by atoms with Crippen molar-refractivity contribution < 1.29 is 0 Å². The molecule has 0 fully saturated rings. The predicted octanol–water partition coefficient (Wildman–Crippen LogP) is 4.39. The molecule has 0 aliphatic carbocycles. The molecule has 0 unspecified atom stereocenters. The van der Waals surface area contributed by atoms with Gasteiger partial charge in [-0.1, -0.05) is 22.0 Å². The van der Waals surface area contributed by atoms with Crippen LogP contribution in [-0.2, 0) is 0 Å². The van der Waals surface area contributed by atoms with Gasteiger partial charge in [-0.25, -0.2) is 0 Å². The minimum Gasteiger partial charge on any atom is -0.316 e. The maximum atomic E-state index is 4.44. The Morgan fingerprint density at radius 1 is 1.10 bits per heavy atom. The van der Waals surface area contributed by atoms with Crippen LogP contribution in [0, 0.1) is 0 Å². The normalized spacial score (nSPS) is 11.1. The molecule has 3 nitrogen and oxygen atoms in total. The molecule has 3 rings (SSSR count). The van der Waals surface area contributed by atoms with Crippen molar-refractivity contribution in [3.63, 3.8) is 0 Å². The molecule has 0 bridgehead atoms. The largest absolute Gasteiger partial charge is 0.316 e. The topological polar surface area (TPSA) is 30.2 Å². The van der Waals surface area contributed by atoms with Gasteiger partial charge in [0.1, 0.15) is 0 Å². The molecule has 0 aliphatic heterocycles. The molecule has 3 aromatic rings. The Labute approximate surface area is 125 Å². The van der Waals surface area contributed by atoms with E-state index in [1.54, 1.807) is 12.4 Å². The second-order valence-corrected chi connectivity index (χ2v) is 5.17. The maximum absolute atomic E-state index is 4.44. The van der Waals surface area contributed by atoms with E-state index in [2.05, 4.69) is 42.6 Å². The standard InChI is InChI=1S/C16H12BrN3/c17-13-4-1-6-15(10-13)20-9-3-7-16(20)12-19-14-5-2-8-18-11-14/h1-12H. The lowest BCUT2D eigenvalue weighted by Gasteiger charge is -2.06. The number of pyridine rings is 1. The number of aliphatic imine (C=N–C) groups is 1. The van der Waals surface area contributed by atoms with Crippen LogP contribution < -0.4 is 0 Å². The fraction of sp³-hybridized carbons (Fsp3) is 0. The lowest BCUT2D eigenvalue weighted by molar-refractivity contribution is 1.06. The van der Waals surface area contributed by atoms with Crippen molar-refractivity contribution in [1.82, 2.24) is 9.55 Å². The van der Waals surface area contributed by atoms with E-state index in [1.807, 2.05) is 48.8 Å². The van der Waals surface area contributed by atoms with E-state index in [1.165, 1.54) is 0 Å². The van der Waals surface area contributed by atoms with Crippen LogP contribution in [0.1, 0.15) is 5.69 Å². The highest BCUT2D eigenvalue weighted by atomic mass is 79.9. The minimum atomic E-state index is 0.842. The number of benzene rings is 1. The van der Waals surface area contributed by atoms with Crippen LogP contribution in [0.3, 0.4) is 0 Å². The number of hydrogen-bond acceptors (Lipinski definition) is 2. The van der Waals surface area contributed by atoms with Gasteiger partial charge >= 0.3 is 0 Å². The first-order chi connectivity index (χ1) is 9.83. The molecule has 0 amide bonds. The Morgan fingerprint density at radius 3 is 2.85 bits per heavy atom. The van der Waals surface area contributed by atoms with Crippen molar-refractivity contribution in [2.75, 3.05) is 0 Å². The second-order valence-electron chi connectivity index (χ2n) is 4.25. The molecule has 98 valence electrons. The highest BCUT2D eigenvalue weighted by Crippen LogP contribution is 2.17. The third-order valence-corrected chi connectivity index (χ3v) is 3.35. The zero-order chi connectivity index (χ0) is 13.8. The average Bonchev–Trinajstić information content (AvgIpc) is 2.95. The van der Waals surface area contributed by atoms with Crippen molar-refractivity contribution in [2.45, 2.75) is 0 Å². The molecule has 0 N–H and O–H groups in total. The molecule has 2 heterocycles. The Balaban J connectivity index is 1.93. The first-order valence-corrected chi connectivity index (χ1v) is 6.99. The van der Waals surface area contributed by atoms with Gasteiger partial charge in [-0.3, -0.25) is 9.98 Å². The molecular weight excluding hydrogens is 314 g/mol. The molecule has 4 heteroatoms. The van der Waals surface area contributed by atoms with Gasteiger partial charge < -0.3 is 4.57 Å². The van der Waals surface area contributed by atoms with E-state index in [4.69, 9.17) is 0 Å². The monoisotopic (exact) mass is 325 g/mol.